The maximum atomic E-state index is 12.4. The van der Waals surface area contributed by atoms with Gasteiger partial charge in [0.1, 0.15) is 11.9 Å². The van der Waals surface area contributed by atoms with Crippen molar-refractivity contribution >= 4 is 5.91 Å². The SMILES string of the molecule is CCc1cccc(OC2CN(C(=O)CC[C@H](C)N3CCN(C)CC3)C2)c1. The first-order valence-corrected chi connectivity index (χ1v) is 10.0. The number of carbonyl (C=O) groups excluding carboxylic acids is 1. The molecule has 2 heterocycles. The molecule has 0 spiro atoms. The first-order valence-electron chi connectivity index (χ1n) is 10.0. The van der Waals surface area contributed by atoms with Crippen molar-refractivity contribution in [2.75, 3.05) is 46.3 Å². The minimum atomic E-state index is 0.140. The number of rotatable bonds is 7. The summed E-state index contributed by atoms with van der Waals surface area (Å²) in [6.45, 7) is 10.3. The fraction of sp³-hybridized carbons (Fsp3) is 0.667. The second kappa shape index (κ2) is 8.87. The average Bonchev–Trinajstić information content (AvgIpc) is 2.63. The summed E-state index contributed by atoms with van der Waals surface area (Å²) in [7, 11) is 2.17. The Morgan fingerprint density at radius 2 is 1.96 bits per heavy atom. The standard InChI is InChI=1S/C21H33N3O2/c1-4-18-6-5-7-19(14-18)26-20-15-24(16-20)21(25)9-8-17(2)23-12-10-22(3)11-13-23/h5-7,14,17,20H,4,8-13,15-16H2,1-3H3/t17-/m0/s1. The quantitative estimate of drug-likeness (QED) is 0.748. The van der Waals surface area contributed by atoms with Gasteiger partial charge in [0.05, 0.1) is 13.1 Å². The molecule has 26 heavy (non-hydrogen) atoms. The Bertz CT molecular complexity index is 593. The third-order valence-corrected chi connectivity index (χ3v) is 5.75. The van der Waals surface area contributed by atoms with E-state index in [9.17, 15) is 4.79 Å². The summed E-state index contributed by atoms with van der Waals surface area (Å²) < 4.78 is 6.00. The molecule has 1 atom stereocenters. The Hall–Kier alpha value is -1.59. The number of nitrogens with zero attached hydrogens (tertiary/aromatic N) is 3. The van der Waals surface area contributed by atoms with Crippen molar-refractivity contribution in [2.24, 2.45) is 0 Å². The van der Waals surface area contributed by atoms with Gasteiger partial charge in [-0.3, -0.25) is 9.69 Å². The monoisotopic (exact) mass is 359 g/mol. The van der Waals surface area contributed by atoms with Crippen molar-refractivity contribution < 1.29 is 9.53 Å². The van der Waals surface area contributed by atoms with Gasteiger partial charge in [-0.1, -0.05) is 19.1 Å². The molecule has 2 aliphatic rings. The molecule has 144 valence electrons. The number of carbonyl (C=O) groups is 1. The molecule has 5 nitrogen and oxygen atoms in total. The molecule has 0 saturated carbocycles. The zero-order valence-electron chi connectivity index (χ0n) is 16.5. The third kappa shape index (κ3) is 4.98. The molecule has 1 aromatic carbocycles. The molecular weight excluding hydrogens is 326 g/mol. The van der Waals surface area contributed by atoms with Crippen LogP contribution in [0.3, 0.4) is 0 Å². The predicted octanol–water partition coefficient (Wildman–Crippen LogP) is 2.25. The van der Waals surface area contributed by atoms with Crippen molar-refractivity contribution in [3.63, 3.8) is 0 Å². The first kappa shape index (κ1) is 19.2. The Morgan fingerprint density at radius 1 is 1.23 bits per heavy atom. The molecule has 1 aromatic rings. The van der Waals surface area contributed by atoms with Crippen LogP contribution in [0.15, 0.2) is 24.3 Å². The Kier molecular flexibility index (Phi) is 6.54. The van der Waals surface area contributed by atoms with E-state index in [4.69, 9.17) is 4.74 Å². The van der Waals surface area contributed by atoms with E-state index in [1.54, 1.807) is 0 Å². The summed E-state index contributed by atoms with van der Waals surface area (Å²) in [6, 6.07) is 8.74. The molecular formula is C21H33N3O2. The van der Waals surface area contributed by atoms with E-state index in [0.29, 0.717) is 12.5 Å². The molecule has 3 rings (SSSR count). The van der Waals surface area contributed by atoms with E-state index in [0.717, 1.165) is 57.9 Å². The largest absolute Gasteiger partial charge is 0.487 e. The third-order valence-electron chi connectivity index (χ3n) is 5.75. The second-order valence-corrected chi connectivity index (χ2v) is 7.77. The molecule has 0 aromatic heterocycles. The van der Waals surface area contributed by atoms with Crippen LogP contribution < -0.4 is 4.74 Å². The lowest BCUT2D eigenvalue weighted by Gasteiger charge is -2.40. The number of piperazine rings is 1. The van der Waals surface area contributed by atoms with Gasteiger partial charge >= 0.3 is 0 Å². The molecule has 0 radical (unpaired) electrons. The van der Waals surface area contributed by atoms with Crippen LogP contribution in [0, 0.1) is 0 Å². The number of likely N-dealkylation sites (tertiary alicyclic amines) is 1. The van der Waals surface area contributed by atoms with Crippen molar-refractivity contribution in [2.45, 2.75) is 45.3 Å². The number of likely N-dealkylation sites (N-methyl/N-ethyl adjacent to an activating group) is 1. The van der Waals surface area contributed by atoms with Crippen molar-refractivity contribution in [3.05, 3.63) is 29.8 Å². The molecule has 2 saturated heterocycles. The highest BCUT2D eigenvalue weighted by Gasteiger charge is 2.32. The Balaban J connectivity index is 1.35. The van der Waals surface area contributed by atoms with Crippen LogP contribution in [-0.2, 0) is 11.2 Å². The van der Waals surface area contributed by atoms with Crippen LogP contribution in [0.25, 0.3) is 0 Å². The molecule has 2 aliphatic heterocycles. The van der Waals surface area contributed by atoms with Gasteiger partial charge in [-0.25, -0.2) is 0 Å². The molecule has 1 amide bonds. The zero-order chi connectivity index (χ0) is 18.5. The minimum Gasteiger partial charge on any atom is -0.487 e. The topological polar surface area (TPSA) is 36.0 Å². The van der Waals surface area contributed by atoms with Crippen LogP contribution in [-0.4, -0.2) is 79.1 Å². The van der Waals surface area contributed by atoms with Crippen LogP contribution in [0.2, 0.25) is 0 Å². The zero-order valence-corrected chi connectivity index (χ0v) is 16.5. The second-order valence-electron chi connectivity index (χ2n) is 7.77. The summed E-state index contributed by atoms with van der Waals surface area (Å²) in [5.41, 5.74) is 1.28. The fourth-order valence-corrected chi connectivity index (χ4v) is 3.68. The molecule has 2 fully saturated rings. The minimum absolute atomic E-state index is 0.140. The summed E-state index contributed by atoms with van der Waals surface area (Å²) in [5, 5.41) is 0. The van der Waals surface area contributed by atoms with E-state index >= 15 is 0 Å². The highest BCUT2D eigenvalue weighted by molar-refractivity contribution is 5.77. The van der Waals surface area contributed by atoms with Crippen molar-refractivity contribution in [1.82, 2.24) is 14.7 Å². The van der Waals surface area contributed by atoms with Gasteiger partial charge < -0.3 is 14.5 Å². The number of benzene rings is 1. The number of hydrogen-bond donors (Lipinski definition) is 0. The van der Waals surface area contributed by atoms with Gasteiger partial charge in [-0.15, -0.1) is 0 Å². The number of ether oxygens (including phenoxy) is 1. The number of hydrogen-bond acceptors (Lipinski definition) is 4. The van der Waals surface area contributed by atoms with Crippen LogP contribution in [0.5, 0.6) is 5.75 Å². The summed E-state index contributed by atoms with van der Waals surface area (Å²) in [4.78, 5) is 19.2. The van der Waals surface area contributed by atoms with Crippen LogP contribution >= 0.6 is 0 Å². The first-order chi connectivity index (χ1) is 12.5. The van der Waals surface area contributed by atoms with Gasteiger partial charge in [-0.2, -0.15) is 0 Å². The molecule has 0 aliphatic carbocycles. The lowest BCUT2D eigenvalue weighted by Crippen LogP contribution is -2.56. The van der Waals surface area contributed by atoms with Gasteiger partial charge in [0.25, 0.3) is 0 Å². The van der Waals surface area contributed by atoms with Crippen LogP contribution in [0.4, 0.5) is 0 Å². The number of amides is 1. The highest BCUT2D eigenvalue weighted by atomic mass is 16.5. The fourth-order valence-electron chi connectivity index (χ4n) is 3.68. The van der Waals surface area contributed by atoms with Gasteiger partial charge in [0, 0.05) is 38.6 Å². The maximum Gasteiger partial charge on any atom is 0.222 e. The van der Waals surface area contributed by atoms with Crippen molar-refractivity contribution in [3.8, 4) is 5.75 Å². The van der Waals surface area contributed by atoms with E-state index in [1.807, 2.05) is 17.0 Å². The summed E-state index contributed by atoms with van der Waals surface area (Å²) >= 11 is 0. The Morgan fingerprint density at radius 3 is 2.65 bits per heavy atom. The Labute approximate surface area is 157 Å². The van der Waals surface area contributed by atoms with Crippen molar-refractivity contribution in [1.29, 1.82) is 0 Å². The van der Waals surface area contributed by atoms with E-state index in [-0.39, 0.29) is 12.0 Å². The van der Waals surface area contributed by atoms with E-state index in [1.165, 1.54) is 5.56 Å². The predicted molar refractivity (Wildman–Crippen MR) is 105 cm³/mol. The molecule has 5 heteroatoms. The molecule has 0 unspecified atom stereocenters. The highest BCUT2D eigenvalue weighted by Crippen LogP contribution is 2.21. The number of aryl methyl sites for hydroxylation is 1. The lowest BCUT2D eigenvalue weighted by atomic mass is 10.1. The van der Waals surface area contributed by atoms with E-state index in [2.05, 4.69) is 42.8 Å². The van der Waals surface area contributed by atoms with Gasteiger partial charge in [0.15, 0.2) is 0 Å². The molecule has 0 bridgehead atoms. The van der Waals surface area contributed by atoms with Gasteiger partial charge in [-0.05, 0) is 44.5 Å². The van der Waals surface area contributed by atoms with E-state index < -0.39 is 0 Å². The molecule has 0 N–H and O–H groups in total. The maximum absolute atomic E-state index is 12.4. The van der Waals surface area contributed by atoms with Gasteiger partial charge in [0.2, 0.25) is 5.91 Å². The normalized spacial score (nSPS) is 20.7. The van der Waals surface area contributed by atoms with Crippen LogP contribution in [0.1, 0.15) is 32.3 Å². The summed E-state index contributed by atoms with van der Waals surface area (Å²) in [5.74, 6) is 1.19. The lowest BCUT2D eigenvalue weighted by molar-refractivity contribution is -0.140. The average molecular weight is 360 g/mol. The summed E-state index contributed by atoms with van der Waals surface area (Å²) in [6.07, 6.45) is 2.74. The smallest absolute Gasteiger partial charge is 0.222 e.